The van der Waals surface area contributed by atoms with E-state index in [1.165, 1.54) is 17.7 Å². The van der Waals surface area contributed by atoms with Crippen molar-refractivity contribution in [3.63, 3.8) is 0 Å². The van der Waals surface area contributed by atoms with Crippen molar-refractivity contribution in [1.82, 2.24) is 25.1 Å². The van der Waals surface area contributed by atoms with Gasteiger partial charge in [0, 0.05) is 16.0 Å². The van der Waals surface area contributed by atoms with Crippen LogP contribution >= 0.6 is 22.9 Å². The van der Waals surface area contributed by atoms with Gasteiger partial charge in [0.2, 0.25) is 0 Å². The molecule has 1 N–H and O–H groups in total. The number of nitrogens with one attached hydrogen (secondary N) is 1. The molecular weight excluding hydrogens is 394 g/mol. The molecule has 0 spiro atoms. The largest absolute Gasteiger partial charge is 0.344 e. The number of carbonyl (C=O) groups excluding carboxylic acids is 1. The Morgan fingerprint density at radius 3 is 2.57 bits per heavy atom. The molecule has 2 aromatic carbocycles. The lowest BCUT2D eigenvalue weighted by molar-refractivity contribution is 0.0935. The minimum Gasteiger partial charge on any atom is -0.344 e. The van der Waals surface area contributed by atoms with Gasteiger partial charge in [-0.25, -0.2) is 14.6 Å². The number of carbonyl (C=O) groups is 1. The molecule has 28 heavy (non-hydrogen) atoms. The molecule has 4 rings (SSSR count). The SMILES string of the molecule is CC(NC(=O)c1csc(-c2ccc(Cl)cc2)n1)c1ccc(-n2cncn2)cc1. The summed E-state index contributed by atoms with van der Waals surface area (Å²) >= 11 is 7.35. The summed E-state index contributed by atoms with van der Waals surface area (Å²) in [5, 5.41) is 10.3. The fourth-order valence-electron chi connectivity index (χ4n) is 2.71. The van der Waals surface area contributed by atoms with Gasteiger partial charge in [0.25, 0.3) is 5.91 Å². The molecule has 0 fully saturated rings. The number of amides is 1. The summed E-state index contributed by atoms with van der Waals surface area (Å²) in [6.07, 6.45) is 3.13. The summed E-state index contributed by atoms with van der Waals surface area (Å²) in [5.41, 5.74) is 3.24. The smallest absolute Gasteiger partial charge is 0.271 e. The number of thiazole rings is 1. The van der Waals surface area contributed by atoms with E-state index in [1.54, 1.807) is 16.4 Å². The van der Waals surface area contributed by atoms with E-state index in [4.69, 9.17) is 11.6 Å². The first-order chi connectivity index (χ1) is 13.6. The molecule has 1 unspecified atom stereocenters. The van der Waals surface area contributed by atoms with Crippen molar-refractivity contribution in [3.05, 3.63) is 82.8 Å². The third-order valence-corrected chi connectivity index (χ3v) is 5.40. The average Bonchev–Trinajstić information content (AvgIpc) is 3.41. The van der Waals surface area contributed by atoms with Gasteiger partial charge in [0.1, 0.15) is 23.4 Å². The third-order valence-electron chi connectivity index (χ3n) is 4.25. The molecule has 0 aliphatic rings. The summed E-state index contributed by atoms with van der Waals surface area (Å²) in [6.45, 7) is 1.94. The molecular formula is C20H16ClN5OS. The molecule has 0 aliphatic carbocycles. The molecule has 8 heteroatoms. The number of benzene rings is 2. The number of halogens is 1. The standard InChI is InChI=1S/C20H16ClN5OS/c1-13(14-4-8-17(9-5-14)26-12-22-11-23-26)24-19(27)18-10-28-20(25-18)15-2-6-16(21)7-3-15/h2-13H,1H3,(H,24,27). The number of nitrogens with zero attached hydrogens (tertiary/aromatic N) is 4. The van der Waals surface area contributed by atoms with Crippen LogP contribution in [0.3, 0.4) is 0 Å². The van der Waals surface area contributed by atoms with Gasteiger partial charge in [-0.1, -0.05) is 35.9 Å². The van der Waals surface area contributed by atoms with E-state index in [1.807, 2.05) is 55.5 Å². The predicted molar refractivity (Wildman–Crippen MR) is 110 cm³/mol. The predicted octanol–water partition coefficient (Wildman–Crippen LogP) is 4.54. The third kappa shape index (κ3) is 3.95. The molecule has 0 radical (unpaired) electrons. The quantitative estimate of drug-likeness (QED) is 0.525. The molecule has 4 aromatic rings. The van der Waals surface area contributed by atoms with E-state index < -0.39 is 0 Å². The molecule has 0 aliphatic heterocycles. The lowest BCUT2D eigenvalue weighted by Crippen LogP contribution is -2.26. The molecule has 0 bridgehead atoms. The summed E-state index contributed by atoms with van der Waals surface area (Å²) in [5.74, 6) is -0.204. The molecule has 6 nitrogen and oxygen atoms in total. The van der Waals surface area contributed by atoms with Crippen LogP contribution in [0.15, 0.2) is 66.6 Å². The zero-order valence-electron chi connectivity index (χ0n) is 14.9. The topological polar surface area (TPSA) is 72.7 Å². The van der Waals surface area contributed by atoms with Crippen LogP contribution in [-0.4, -0.2) is 25.7 Å². The maximum absolute atomic E-state index is 12.6. The van der Waals surface area contributed by atoms with Gasteiger partial charge in [0.05, 0.1) is 11.7 Å². The van der Waals surface area contributed by atoms with E-state index in [2.05, 4.69) is 20.4 Å². The number of hydrogen-bond acceptors (Lipinski definition) is 5. The van der Waals surface area contributed by atoms with Gasteiger partial charge in [-0.3, -0.25) is 4.79 Å². The van der Waals surface area contributed by atoms with Crippen LogP contribution in [0.4, 0.5) is 0 Å². The Balaban J connectivity index is 1.44. The van der Waals surface area contributed by atoms with Gasteiger partial charge >= 0.3 is 0 Å². The highest BCUT2D eigenvalue weighted by Gasteiger charge is 2.15. The lowest BCUT2D eigenvalue weighted by Gasteiger charge is -2.14. The zero-order valence-corrected chi connectivity index (χ0v) is 16.5. The summed E-state index contributed by atoms with van der Waals surface area (Å²) in [4.78, 5) is 21.0. The first kappa shape index (κ1) is 18.3. The van der Waals surface area contributed by atoms with Crippen LogP contribution in [0, 0.1) is 0 Å². The molecule has 2 aromatic heterocycles. The second-order valence-corrected chi connectivity index (χ2v) is 7.47. The van der Waals surface area contributed by atoms with Crippen LogP contribution in [0.25, 0.3) is 16.3 Å². The number of aromatic nitrogens is 4. The van der Waals surface area contributed by atoms with Crippen LogP contribution in [0.5, 0.6) is 0 Å². The summed E-state index contributed by atoms with van der Waals surface area (Å²) < 4.78 is 1.68. The van der Waals surface area contributed by atoms with E-state index in [9.17, 15) is 4.79 Å². The Morgan fingerprint density at radius 2 is 1.89 bits per heavy atom. The maximum atomic E-state index is 12.6. The van der Waals surface area contributed by atoms with Gasteiger partial charge in [-0.2, -0.15) is 5.10 Å². The Hall–Kier alpha value is -3.03. The first-order valence-electron chi connectivity index (χ1n) is 8.57. The van der Waals surface area contributed by atoms with Crippen molar-refractivity contribution < 1.29 is 4.79 Å². The second kappa shape index (κ2) is 7.92. The molecule has 1 atom stereocenters. The maximum Gasteiger partial charge on any atom is 0.271 e. The Labute approximate surface area is 170 Å². The molecule has 140 valence electrons. The molecule has 0 saturated carbocycles. The summed E-state index contributed by atoms with van der Waals surface area (Å²) in [6, 6.07) is 15.0. The van der Waals surface area contributed by atoms with E-state index in [0.29, 0.717) is 10.7 Å². The van der Waals surface area contributed by atoms with Crippen LogP contribution in [-0.2, 0) is 0 Å². The van der Waals surface area contributed by atoms with Crippen LogP contribution in [0.2, 0.25) is 5.02 Å². The highest BCUT2D eigenvalue weighted by molar-refractivity contribution is 7.13. The second-order valence-electron chi connectivity index (χ2n) is 6.17. The van der Waals surface area contributed by atoms with E-state index in [-0.39, 0.29) is 11.9 Å². The van der Waals surface area contributed by atoms with Crippen molar-refractivity contribution in [3.8, 4) is 16.3 Å². The number of hydrogen-bond donors (Lipinski definition) is 1. The summed E-state index contributed by atoms with van der Waals surface area (Å²) in [7, 11) is 0. The molecule has 1 amide bonds. The highest BCUT2D eigenvalue weighted by atomic mass is 35.5. The number of rotatable bonds is 5. The average molecular weight is 410 g/mol. The van der Waals surface area contributed by atoms with Crippen molar-refractivity contribution in [2.24, 2.45) is 0 Å². The van der Waals surface area contributed by atoms with Gasteiger partial charge < -0.3 is 5.32 Å². The first-order valence-corrected chi connectivity index (χ1v) is 9.83. The Bertz CT molecular complexity index is 1070. The molecule has 2 heterocycles. The van der Waals surface area contributed by atoms with Crippen molar-refractivity contribution >= 4 is 28.8 Å². The fourth-order valence-corrected chi connectivity index (χ4v) is 3.65. The minimum atomic E-state index is -0.204. The Kier molecular flexibility index (Phi) is 5.18. The zero-order chi connectivity index (χ0) is 19.5. The monoisotopic (exact) mass is 409 g/mol. The van der Waals surface area contributed by atoms with Crippen molar-refractivity contribution in [2.45, 2.75) is 13.0 Å². The fraction of sp³-hybridized carbons (Fsp3) is 0.100. The lowest BCUT2D eigenvalue weighted by atomic mass is 10.1. The van der Waals surface area contributed by atoms with E-state index in [0.717, 1.165) is 21.8 Å². The van der Waals surface area contributed by atoms with Crippen molar-refractivity contribution in [1.29, 1.82) is 0 Å². The van der Waals surface area contributed by atoms with E-state index >= 15 is 0 Å². The normalized spacial score (nSPS) is 11.9. The van der Waals surface area contributed by atoms with Gasteiger partial charge in [0.15, 0.2) is 0 Å². The van der Waals surface area contributed by atoms with Gasteiger partial charge in [-0.15, -0.1) is 11.3 Å². The Morgan fingerprint density at radius 1 is 1.14 bits per heavy atom. The van der Waals surface area contributed by atoms with Crippen LogP contribution < -0.4 is 5.32 Å². The van der Waals surface area contributed by atoms with Gasteiger partial charge in [-0.05, 0) is 36.8 Å². The minimum absolute atomic E-state index is 0.155. The van der Waals surface area contributed by atoms with Crippen LogP contribution in [0.1, 0.15) is 29.0 Å². The molecule has 0 saturated heterocycles. The highest BCUT2D eigenvalue weighted by Crippen LogP contribution is 2.25. The van der Waals surface area contributed by atoms with Crippen molar-refractivity contribution in [2.75, 3.05) is 0 Å².